The van der Waals surface area contributed by atoms with Crippen molar-refractivity contribution >= 4 is 11.8 Å². The zero-order valence-corrected chi connectivity index (χ0v) is 10.2. The third-order valence-electron chi connectivity index (χ3n) is 3.01. The van der Waals surface area contributed by atoms with Gasteiger partial charge in [-0.3, -0.25) is 9.59 Å². The second-order valence-electron chi connectivity index (χ2n) is 4.70. The molecule has 0 spiro atoms. The first kappa shape index (κ1) is 13.0. The Morgan fingerprint density at radius 2 is 1.88 bits per heavy atom. The second-order valence-corrected chi connectivity index (χ2v) is 4.70. The Labute approximate surface area is 97.2 Å². The van der Waals surface area contributed by atoms with E-state index in [9.17, 15) is 9.59 Å². The summed E-state index contributed by atoms with van der Waals surface area (Å²) in [6.45, 7) is 4.88. The van der Waals surface area contributed by atoms with Crippen LogP contribution in [0.4, 0.5) is 0 Å². The van der Waals surface area contributed by atoms with Crippen LogP contribution in [0.2, 0.25) is 0 Å². The van der Waals surface area contributed by atoms with E-state index in [4.69, 9.17) is 0 Å². The summed E-state index contributed by atoms with van der Waals surface area (Å²) in [7, 11) is 0. The average Bonchev–Trinajstić information content (AvgIpc) is 2.23. The monoisotopic (exact) mass is 226 g/mol. The predicted molar refractivity (Wildman–Crippen MR) is 62.9 cm³/mol. The van der Waals surface area contributed by atoms with Crippen LogP contribution in [0, 0.1) is 5.92 Å². The number of rotatable bonds is 0. The standard InChI is InChI=1S/2C6H11NO/c1-5-3-2-4-7-6(5)8;1-5-3-2-4-6(8)7-5/h2*5H,2-4H2,1H3,(H,7,8). The number of amides is 2. The predicted octanol–water partition coefficient (Wildman–Crippen LogP) is 1.21. The Morgan fingerprint density at radius 1 is 1.12 bits per heavy atom. The van der Waals surface area contributed by atoms with Crippen molar-refractivity contribution in [2.75, 3.05) is 6.54 Å². The summed E-state index contributed by atoms with van der Waals surface area (Å²) in [4.78, 5) is 21.2. The van der Waals surface area contributed by atoms with Crippen LogP contribution >= 0.6 is 0 Å². The Balaban J connectivity index is 0.000000160. The molecule has 0 aliphatic carbocycles. The molecule has 2 amide bonds. The number of hydrogen-bond donors (Lipinski definition) is 2. The van der Waals surface area contributed by atoms with Gasteiger partial charge in [0.2, 0.25) is 11.8 Å². The molecule has 0 saturated carbocycles. The van der Waals surface area contributed by atoms with E-state index in [0.717, 1.165) is 38.6 Å². The van der Waals surface area contributed by atoms with Crippen LogP contribution in [-0.4, -0.2) is 24.4 Å². The van der Waals surface area contributed by atoms with Gasteiger partial charge in [-0.15, -0.1) is 0 Å². The van der Waals surface area contributed by atoms with Crippen molar-refractivity contribution in [1.29, 1.82) is 0 Å². The lowest BCUT2D eigenvalue weighted by atomic mass is 10.0. The maximum absolute atomic E-state index is 10.7. The molecule has 0 bridgehead atoms. The number of carbonyl (C=O) groups excluding carboxylic acids is 2. The van der Waals surface area contributed by atoms with E-state index < -0.39 is 0 Å². The van der Waals surface area contributed by atoms with Crippen molar-refractivity contribution < 1.29 is 9.59 Å². The van der Waals surface area contributed by atoms with Gasteiger partial charge in [0.05, 0.1) is 0 Å². The van der Waals surface area contributed by atoms with Gasteiger partial charge in [-0.05, 0) is 32.6 Å². The molecule has 2 heterocycles. The summed E-state index contributed by atoms with van der Waals surface area (Å²) < 4.78 is 0. The molecule has 0 aromatic rings. The molecule has 16 heavy (non-hydrogen) atoms. The zero-order valence-electron chi connectivity index (χ0n) is 10.2. The summed E-state index contributed by atoms with van der Waals surface area (Å²) in [5.41, 5.74) is 0. The van der Waals surface area contributed by atoms with Crippen LogP contribution in [0.15, 0.2) is 0 Å². The Morgan fingerprint density at radius 3 is 2.25 bits per heavy atom. The van der Waals surface area contributed by atoms with E-state index in [0.29, 0.717) is 6.04 Å². The average molecular weight is 226 g/mol. The molecule has 4 nitrogen and oxygen atoms in total. The highest BCUT2D eigenvalue weighted by molar-refractivity contribution is 5.78. The van der Waals surface area contributed by atoms with Gasteiger partial charge >= 0.3 is 0 Å². The molecule has 92 valence electrons. The molecule has 2 N–H and O–H groups in total. The van der Waals surface area contributed by atoms with Gasteiger partial charge in [0.25, 0.3) is 0 Å². The molecular formula is C12H22N2O2. The molecule has 0 aromatic carbocycles. The molecule has 4 heteroatoms. The lowest BCUT2D eigenvalue weighted by Crippen LogP contribution is -2.36. The normalized spacial score (nSPS) is 29.6. The summed E-state index contributed by atoms with van der Waals surface area (Å²) >= 11 is 0. The van der Waals surface area contributed by atoms with Crippen LogP contribution in [0.3, 0.4) is 0 Å². The second kappa shape index (κ2) is 6.51. The van der Waals surface area contributed by atoms with Crippen molar-refractivity contribution in [1.82, 2.24) is 10.6 Å². The van der Waals surface area contributed by atoms with E-state index in [-0.39, 0.29) is 17.7 Å². The Hall–Kier alpha value is -1.06. The summed E-state index contributed by atoms with van der Waals surface area (Å²) in [6.07, 6.45) is 5.14. The fraction of sp³-hybridized carbons (Fsp3) is 0.833. The van der Waals surface area contributed by atoms with Gasteiger partial charge < -0.3 is 10.6 Å². The number of piperidine rings is 2. The largest absolute Gasteiger partial charge is 0.356 e. The third-order valence-corrected chi connectivity index (χ3v) is 3.01. The lowest BCUT2D eigenvalue weighted by molar-refractivity contribution is -0.126. The van der Waals surface area contributed by atoms with Crippen LogP contribution in [-0.2, 0) is 9.59 Å². The summed E-state index contributed by atoms with van der Waals surface area (Å²) in [5, 5.41) is 5.63. The van der Waals surface area contributed by atoms with Crippen LogP contribution in [0.5, 0.6) is 0 Å². The SMILES string of the molecule is CC1CCCC(=O)N1.CC1CCCNC1=O. The Kier molecular flexibility index (Phi) is 5.29. The summed E-state index contributed by atoms with van der Waals surface area (Å²) in [5.74, 6) is 0.684. The van der Waals surface area contributed by atoms with E-state index in [1.807, 2.05) is 13.8 Å². The highest BCUT2D eigenvalue weighted by Crippen LogP contribution is 2.08. The smallest absolute Gasteiger partial charge is 0.222 e. The van der Waals surface area contributed by atoms with Crippen LogP contribution < -0.4 is 10.6 Å². The molecule has 2 fully saturated rings. The molecule has 2 aliphatic rings. The van der Waals surface area contributed by atoms with Gasteiger partial charge in [0, 0.05) is 24.9 Å². The lowest BCUT2D eigenvalue weighted by Gasteiger charge is -2.18. The van der Waals surface area contributed by atoms with Crippen LogP contribution in [0.25, 0.3) is 0 Å². The molecule has 2 aliphatic heterocycles. The molecule has 2 atom stereocenters. The topological polar surface area (TPSA) is 58.2 Å². The number of hydrogen-bond acceptors (Lipinski definition) is 2. The fourth-order valence-electron chi connectivity index (χ4n) is 1.91. The molecule has 2 rings (SSSR count). The van der Waals surface area contributed by atoms with Crippen molar-refractivity contribution in [3.05, 3.63) is 0 Å². The van der Waals surface area contributed by atoms with Gasteiger partial charge in [0.1, 0.15) is 0 Å². The van der Waals surface area contributed by atoms with Crippen LogP contribution in [0.1, 0.15) is 46.0 Å². The molecule has 0 radical (unpaired) electrons. The van der Waals surface area contributed by atoms with Gasteiger partial charge in [0.15, 0.2) is 0 Å². The number of carbonyl (C=O) groups is 2. The minimum absolute atomic E-state index is 0.212. The maximum Gasteiger partial charge on any atom is 0.222 e. The van der Waals surface area contributed by atoms with Gasteiger partial charge in [-0.2, -0.15) is 0 Å². The Bertz CT molecular complexity index is 253. The summed E-state index contributed by atoms with van der Waals surface area (Å²) in [6, 6.07) is 0.413. The van der Waals surface area contributed by atoms with E-state index in [2.05, 4.69) is 10.6 Å². The van der Waals surface area contributed by atoms with Gasteiger partial charge in [-0.1, -0.05) is 6.92 Å². The first-order valence-electron chi connectivity index (χ1n) is 6.16. The zero-order chi connectivity index (χ0) is 12.0. The van der Waals surface area contributed by atoms with E-state index in [1.54, 1.807) is 0 Å². The fourth-order valence-corrected chi connectivity index (χ4v) is 1.91. The van der Waals surface area contributed by atoms with Crippen molar-refractivity contribution in [2.24, 2.45) is 5.92 Å². The first-order valence-corrected chi connectivity index (χ1v) is 6.16. The minimum atomic E-state index is 0.212. The van der Waals surface area contributed by atoms with Crippen molar-refractivity contribution in [2.45, 2.75) is 52.0 Å². The minimum Gasteiger partial charge on any atom is -0.356 e. The highest BCUT2D eigenvalue weighted by Gasteiger charge is 2.15. The van der Waals surface area contributed by atoms with E-state index in [1.165, 1.54) is 0 Å². The van der Waals surface area contributed by atoms with Crippen molar-refractivity contribution in [3.8, 4) is 0 Å². The van der Waals surface area contributed by atoms with Crippen molar-refractivity contribution in [3.63, 3.8) is 0 Å². The van der Waals surface area contributed by atoms with E-state index >= 15 is 0 Å². The molecule has 0 aromatic heterocycles. The quantitative estimate of drug-likeness (QED) is 0.652. The maximum atomic E-state index is 10.7. The third kappa shape index (κ3) is 4.64. The number of nitrogens with one attached hydrogen (secondary N) is 2. The molecular weight excluding hydrogens is 204 g/mol. The molecule has 2 unspecified atom stereocenters. The van der Waals surface area contributed by atoms with Gasteiger partial charge in [-0.25, -0.2) is 0 Å². The first-order chi connectivity index (χ1) is 7.59. The molecule has 2 saturated heterocycles. The highest BCUT2D eigenvalue weighted by atomic mass is 16.2.